The summed E-state index contributed by atoms with van der Waals surface area (Å²) in [5.74, 6) is 0. The Morgan fingerprint density at radius 3 is 1.46 bits per heavy atom. The van der Waals surface area contributed by atoms with E-state index in [4.69, 9.17) is 4.42 Å². The number of furan rings is 1. The van der Waals surface area contributed by atoms with Gasteiger partial charge in [-0.2, -0.15) is 0 Å². The summed E-state index contributed by atoms with van der Waals surface area (Å²) in [5.41, 5.74) is 14.5. The Hall–Kier alpha value is -7.20. The first kappa shape index (κ1) is 33.2. The van der Waals surface area contributed by atoms with Crippen molar-refractivity contribution in [1.29, 1.82) is 0 Å². The average molecular weight is 746 g/mol. The van der Waals surface area contributed by atoms with Crippen molar-refractivity contribution in [3.63, 3.8) is 0 Å². The molecule has 0 aliphatic heterocycles. The normalized spacial score (nSPS) is 11.5. The van der Waals surface area contributed by atoms with E-state index < -0.39 is 0 Å². The third kappa shape index (κ3) is 5.97. The molecule has 0 N–H and O–H groups in total. The Kier molecular flexibility index (Phi) is 8.04. The van der Waals surface area contributed by atoms with Crippen LogP contribution in [0.2, 0.25) is 0 Å². The lowest BCUT2D eigenvalue weighted by atomic mass is 9.92. The molecule has 11 aromatic rings. The summed E-state index contributed by atoms with van der Waals surface area (Å²) in [6.07, 6.45) is 0. The molecule has 11 rings (SSSR count). The van der Waals surface area contributed by atoms with Gasteiger partial charge < -0.3 is 9.32 Å². The van der Waals surface area contributed by atoms with Gasteiger partial charge in [0.15, 0.2) is 0 Å². The van der Waals surface area contributed by atoms with Crippen LogP contribution in [0.3, 0.4) is 0 Å². The Morgan fingerprint density at radius 2 is 0.772 bits per heavy atom. The highest BCUT2D eigenvalue weighted by Gasteiger charge is 2.17. The molecule has 0 saturated heterocycles. The van der Waals surface area contributed by atoms with Crippen molar-refractivity contribution >= 4 is 70.5 Å². The van der Waals surface area contributed by atoms with E-state index in [0.29, 0.717) is 0 Å². The molecule has 0 fully saturated rings. The van der Waals surface area contributed by atoms with Crippen molar-refractivity contribution in [3.05, 3.63) is 212 Å². The molecule has 2 heterocycles. The minimum absolute atomic E-state index is 0.890. The molecule has 3 heteroatoms. The molecule has 0 saturated carbocycles. The lowest BCUT2D eigenvalue weighted by molar-refractivity contribution is 0.669. The van der Waals surface area contributed by atoms with Crippen LogP contribution < -0.4 is 4.90 Å². The highest BCUT2D eigenvalue weighted by molar-refractivity contribution is 7.25. The standard InChI is InChI=1S/C54H35NOS/c1-3-11-36(12-4-1)37-19-26-42(27-20-37)55(43-28-21-38(22-29-43)41-25-32-54-50(33-41)46-16-8-10-18-53(46)57-54)44-30-23-40(24-31-44)48-35-52-49(45-15-7-9-17-51(45)56-52)34-47(48)39-13-5-2-6-14-39/h1-35H. The Bertz CT molecular complexity index is 3200. The maximum atomic E-state index is 6.39. The smallest absolute Gasteiger partial charge is 0.136 e. The van der Waals surface area contributed by atoms with Gasteiger partial charge in [-0.1, -0.05) is 140 Å². The zero-order chi connectivity index (χ0) is 37.7. The van der Waals surface area contributed by atoms with E-state index >= 15 is 0 Å². The lowest BCUT2D eigenvalue weighted by Gasteiger charge is -2.26. The second-order valence-electron chi connectivity index (χ2n) is 14.5. The minimum Gasteiger partial charge on any atom is -0.456 e. The second kappa shape index (κ2) is 13.8. The molecule has 268 valence electrons. The molecule has 9 aromatic carbocycles. The summed E-state index contributed by atoms with van der Waals surface area (Å²) in [7, 11) is 0. The molecule has 2 aromatic heterocycles. The van der Waals surface area contributed by atoms with Gasteiger partial charge in [-0.15, -0.1) is 11.3 Å². The summed E-state index contributed by atoms with van der Waals surface area (Å²) in [6.45, 7) is 0. The fourth-order valence-corrected chi connectivity index (χ4v) is 9.33. The van der Waals surface area contributed by atoms with Crippen molar-refractivity contribution in [2.45, 2.75) is 0 Å². The number of thiophene rings is 1. The molecule has 0 radical (unpaired) electrons. The molecule has 0 spiro atoms. The van der Waals surface area contributed by atoms with E-state index in [2.05, 4.69) is 205 Å². The third-order valence-electron chi connectivity index (χ3n) is 11.1. The number of nitrogens with zero attached hydrogens (tertiary/aromatic N) is 1. The van der Waals surface area contributed by atoms with Gasteiger partial charge in [-0.3, -0.25) is 0 Å². The van der Waals surface area contributed by atoms with Crippen molar-refractivity contribution in [2.75, 3.05) is 4.90 Å². The Labute approximate surface area is 335 Å². The van der Waals surface area contributed by atoms with Gasteiger partial charge >= 0.3 is 0 Å². The molecular formula is C54H35NOS. The zero-order valence-corrected chi connectivity index (χ0v) is 31.8. The first-order valence-electron chi connectivity index (χ1n) is 19.3. The first-order chi connectivity index (χ1) is 28.2. The van der Waals surface area contributed by atoms with Crippen molar-refractivity contribution in [2.24, 2.45) is 0 Å². The number of rotatable bonds is 7. The van der Waals surface area contributed by atoms with E-state index in [9.17, 15) is 0 Å². The minimum atomic E-state index is 0.890. The van der Waals surface area contributed by atoms with E-state index in [1.165, 1.54) is 53.6 Å². The number of para-hydroxylation sites is 1. The van der Waals surface area contributed by atoms with Gasteiger partial charge in [0.05, 0.1) is 0 Å². The molecule has 0 unspecified atom stereocenters. The fraction of sp³-hybridized carbons (Fsp3) is 0. The van der Waals surface area contributed by atoms with Crippen molar-refractivity contribution in [3.8, 4) is 44.5 Å². The van der Waals surface area contributed by atoms with Crippen LogP contribution in [-0.2, 0) is 0 Å². The highest BCUT2D eigenvalue weighted by Crippen LogP contribution is 2.42. The molecule has 0 atom stereocenters. The SMILES string of the molecule is c1ccc(-c2ccc(N(c3ccc(-c4ccc5sc6ccccc6c5c4)cc3)c3ccc(-c4cc5oc6ccccc6c5cc4-c4ccccc4)cc3)cc2)cc1. The molecule has 0 bridgehead atoms. The molecule has 57 heavy (non-hydrogen) atoms. The summed E-state index contributed by atoms with van der Waals surface area (Å²) < 4.78 is 9.04. The van der Waals surface area contributed by atoms with Crippen LogP contribution in [0.15, 0.2) is 217 Å². The number of hydrogen-bond donors (Lipinski definition) is 0. The molecule has 0 aliphatic rings. The number of fused-ring (bicyclic) bond motifs is 6. The van der Waals surface area contributed by atoms with E-state index in [1.54, 1.807) is 0 Å². The zero-order valence-electron chi connectivity index (χ0n) is 31.0. The number of anilines is 3. The molecule has 0 amide bonds. The predicted molar refractivity (Wildman–Crippen MR) is 243 cm³/mol. The number of hydrogen-bond acceptors (Lipinski definition) is 3. The van der Waals surface area contributed by atoms with Crippen LogP contribution >= 0.6 is 11.3 Å². The second-order valence-corrected chi connectivity index (χ2v) is 15.6. The van der Waals surface area contributed by atoms with Crippen LogP contribution in [0.25, 0.3) is 86.6 Å². The molecule has 0 aliphatic carbocycles. The van der Waals surface area contributed by atoms with Crippen molar-refractivity contribution in [1.82, 2.24) is 0 Å². The Morgan fingerprint density at radius 1 is 0.298 bits per heavy atom. The Balaban J connectivity index is 1.00. The maximum absolute atomic E-state index is 6.39. The molecule has 2 nitrogen and oxygen atoms in total. The summed E-state index contributed by atoms with van der Waals surface area (Å²) >= 11 is 1.86. The third-order valence-corrected chi connectivity index (χ3v) is 12.3. The quantitative estimate of drug-likeness (QED) is 0.162. The fourth-order valence-electron chi connectivity index (χ4n) is 8.25. The van der Waals surface area contributed by atoms with Gasteiger partial charge in [-0.05, 0) is 117 Å². The summed E-state index contributed by atoms with van der Waals surface area (Å²) in [4.78, 5) is 2.35. The van der Waals surface area contributed by atoms with Crippen LogP contribution in [0.1, 0.15) is 0 Å². The lowest BCUT2D eigenvalue weighted by Crippen LogP contribution is -2.09. The van der Waals surface area contributed by atoms with Crippen LogP contribution in [-0.4, -0.2) is 0 Å². The number of benzene rings is 9. The van der Waals surface area contributed by atoms with Gasteiger partial charge in [-0.25, -0.2) is 0 Å². The van der Waals surface area contributed by atoms with Gasteiger partial charge in [0.2, 0.25) is 0 Å². The van der Waals surface area contributed by atoms with Crippen molar-refractivity contribution < 1.29 is 4.42 Å². The predicted octanol–water partition coefficient (Wildman–Crippen LogP) is 16.1. The molecular weight excluding hydrogens is 711 g/mol. The van der Waals surface area contributed by atoms with E-state index in [-0.39, 0.29) is 0 Å². The largest absolute Gasteiger partial charge is 0.456 e. The monoisotopic (exact) mass is 745 g/mol. The average Bonchev–Trinajstić information content (AvgIpc) is 3.85. The van der Waals surface area contributed by atoms with Gasteiger partial charge in [0, 0.05) is 48.0 Å². The van der Waals surface area contributed by atoms with Crippen LogP contribution in [0, 0.1) is 0 Å². The van der Waals surface area contributed by atoms with Crippen LogP contribution in [0.5, 0.6) is 0 Å². The summed E-state index contributed by atoms with van der Waals surface area (Å²) in [5, 5.41) is 4.89. The highest BCUT2D eigenvalue weighted by atomic mass is 32.1. The van der Waals surface area contributed by atoms with Gasteiger partial charge in [0.1, 0.15) is 11.2 Å². The first-order valence-corrected chi connectivity index (χ1v) is 20.1. The van der Waals surface area contributed by atoms with E-state index in [1.807, 2.05) is 23.5 Å². The summed E-state index contributed by atoms with van der Waals surface area (Å²) in [6, 6.07) is 76.4. The maximum Gasteiger partial charge on any atom is 0.136 e. The van der Waals surface area contributed by atoms with Crippen LogP contribution in [0.4, 0.5) is 17.1 Å². The topological polar surface area (TPSA) is 16.4 Å². The van der Waals surface area contributed by atoms with Gasteiger partial charge in [0.25, 0.3) is 0 Å². The van der Waals surface area contributed by atoms with E-state index in [0.717, 1.165) is 50.1 Å².